The number of carbonyl (C=O) groups is 2. The first kappa shape index (κ1) is 31.1. The quantitative estimate of drug-likeness (QED) is 0.344. The van der Waals surface area contributed by atoms with Crippen LogP contribution in [-0.4, -0.2) is 60.9 Å². The van der Waals surface area contributed by atoms with Crippen molar-refractivity contribution in [2.75, 3.05) is 0 Å². The highest BCUT2D eigenvalue weighted by Crippen LogP contribution is 2.51. The number of imidazole rings is 1. The van der Waals surface area contributed by atoms with Crippen molar-refractivity contribution in [2.24, 2.45) is 23.2 Å². The Hall–Kier alpha value is -3.86. The zero-order valence-electron chi connectivity index (χ0n) is 23.3. The fourth-order valence-corrected chi connectivity index (χ4v) is 6.48. The minimum Gasteiger partial charge on any atom is -0.428 e. The van der Waals surface area contributed by atoms with Crippen LogP contribution < -0.4 is 10.6 Å². The molecule has 244 valence electrons. The van der Waals surface area contributed by atoms with E-state index in [1.807, 2.05) is 5.32 Å². The van der Waals surface area contributed by atoms with Gasteiger partial charge in [-0.3, -0.25) is 9.59 Å². The number of hydrogen-bond acceptors (Lipinski definition) is 7. The Morgan fingerprint density at radius 2 is 1.87 bits per heavy atom. The summed E-state index contributed by atoms with van der Waals surface area (Å²) in [5, 5.41) is 16.1. The number of amides is 2. The highest BCUT2D eigenvalue weighted by Gasteiger charge is 2.59. The standard InChI is InChI=1S/C27H27F8N7O3/c28-25(29)3-1-14(2-4-25)21(40-22(43)15-6-16(15)26(30,31)32)17-11-42-19(38-17)5-13(10-37-42)7-24(9-20-41-36-12-45-20)8-18(27(33,34)35)39-23(24)44/h5,10-12,14-16,18,21H,1-4,6-9H2,(H,39,44)(H,40,43)/t15-,16-,18+,21+,24+/m1/s1. The van der Waals surface area contributed by atoms with Crippen molar-refractivity contribution in [1.82, 2.24) is 35.4 Å². The summed E-state index contributed by atoms with van der Waals surface area (Å²) in [6.07, 6.45) is -7.90. The normalized spacial score (nSPS) is 27.8. The zero-order valence-corrected chi connectivity index (χ0v) is 23.3. The molecule has 3 aromatic rings. The van der Waals surface area contributed by atoms with Crippen molar-refractivity contribution in [3.05, 3.63) is 42.0 Å². The van der Waals surface area contributed by atoms with E-state index in [9.17, 15) is 44.7 Å². The average molecular weight is 650 g/mol. The first-order valence-corrected chi connectivity index (χ1v) is 14.2. The molecule has 10 nitrogen and oxygen atoms in total. The zero-order chi connectivity index (χ0) is 32.4. The number of alkyl halides is 8. The number of nitrogens with one attached hydrogen (secondary N) is 2. The van der Waals surface area contributed by atoms with Crippen LogP contribution in [0.25, 0.3) is 5.65 Å². The lowest BCUT2D eigenvalue weighted by Gasteiger charge is -2.33. The van der Waals surface area contributed by atoms with E-state index in [2.05, 4.69) is 25.6 Å². The summed E-state index contributed by atoms with van der Waals surface area (Å²) in [7, 11) is 0. The molecule has 0 aromatic carbocycles. The van der Waals surface area contributed by atoms with Gasteiger partial charge in [0.15, 0.2) is 5.65 Å². The van der Waals surface area contributed by atoms with Gasteiger partial charge in [-0.15, -0.1) is 10.2 Å². The lowest BCUT2D eigenvalue weighted by molar-refractivity contribution is -0.155. The maximum atomic E-state index is 13.9. The lowest BCUT2D eigenvalue weighted by Crippen LogP contribution is -2.39. The van der Waals surface area contributed by atoms with Gasteiger partial charge in [-0.1, -0.05) is 0 Å². The monoisotopic (exact) mass is 649 g/mol. The van der Waals surface area contributed by atoms with Crippen LogP contribution in [0, 0.1) is 23.2 Å². The number of rotatable bonds is 8. The summed E-state index contributed by atoms with van der Waals surface area (Å²) in [5.74, 6) is -8.24. The van der Waals surface area contributed by atoms with Gasteiger partial charge in [0.1, 0.15) is 6.04 Å². The molecule has 6 rings (SSSR count). The van der Waals surface area contributed by atoms with Crippen LogP contribution in [0.1, 0.15) is 61.7 Å². The maximum absolute atomic E-state index is 13.9. The Kier molecular flexibility index (Phi) is 7.54. The highest BCUT2D eigenvalue weighted by atomic mass is 19.4. The maximum Gasteiger partial charge on any atom is 0.408 e. The van der Waals surface area contributed by atoms with Crippen LogP contribution in [0.5, 0.6) is 0 Å². The minimum atomic E-state index is -4.70. The van der Waals surface area contributed by atoms with Crippen LogP contribution in [0.4, 0.5) is 35.1 Å². The largest absolute Gasteiger partial charge is 0.428 e. The molecule has 3 aromatic heterocycles. The van der Waals surface area contributed by atoms with E-state index in [1.165, 1.54) is 23.0 Å². The third kappa shape index (κ3) is 6.45. The molecule has 4 heterocycles. The Labute approximate surface area is 249 Å². The Morgan fingerprint density at radius 3 is 2.47 bits per heavy atom. The van der Waals surface area contributed by atoms with Crippen LogP contribution in [0.15, 0.2) is 29.3 Å². The van der Waals surface area contributed by atoms with Gasteiger partial charge in [0.25, 0.3) is 0 Å². The van der Waals surface area contributed by atoms with E-state index >= 15 is 0 Å². The molecule has 2 aliphatic carbocycles. The van der Waals surface area contributed by atoms with Gasteiger partial charge >= 0.3 is 12.4 Å². The summed E-state index contributed by atoms with van der Waals surface area (Å²) in [5.41, 5.74) is -0.934. The molecule has 2 saturated carbocycles. The smallest absolute Gasteiger partial charge is 0.408 e. The molecule has 2 N–H and O–H groups in total. The summed E-state index contributed by atoms with van der Waals surface area (Å²) in [6, 6.07) is -1.60. The molecular formula is C27H27F8N7O3. The fourth-order valence-electron chi connectivity index (χ4n) is 6.48. The highest BCUT2D eigenvalue weighted by molar-refractivity contribution is 5.86. The van der Waals surface area contributed by atoms with Gasteiger partial charge in [0.2, 0.25) is 30.0 Å². The summed E-state index contributed by atoms with van der Waals surface area (Å²) >= 11 is 0. The fraction of sp³-hybridized carbons (Fsp3) is 0.630. The topological polar surface area (TPSA) is 127 Å². The first-order chi connectivity index (χ1) is 21.0. The molecule has 5 atom stereocenters. The van der Waals surface area contributed by atoms with Crippen LogP contribution >= 0.6 is 0 Å². The van der Waals surface area contributed by atoms with Crippen LogP contribution in [0.2, 0.25) is 0 Å². The number of hydrogen-bond donors (Lipinski definition) is 2. The van der Waals surface area contributed by atoms with Crippen molar-refractivity contribution in [2.45, 2.75) is 81.7 Å². The predicted molar refractivity (Wildman–Crippen MR) is 135 cm³/mol. The van der Waals surface area contributed by atoms with Crippen molar-refractivity contribution in [3.8, 4) is 0 Å². The summed E-state index contributed by atoms with van der Waals surface area (Å²) < 4.78 is 114. The molecule has 18 heteroatoms. The SMILES string of the molecule is O=C(N[C@H](c1cn2ncc(C[C@@]3(Cc4nnco4)C[C@@H](C(F)(F)F)NC3=O)cc2n1)C1CCC(F)(F)CC1)[C@@H]1C[C@H]1C(F)(F)F. The molecule has 0 unspecified atom stereocenters. The predicted octanol–water partition coefficient (Wildman–Crippen LogP) is 4.52. The molecule has 3 aliphatic rings. The lowest BCUT2D eigenvalue weighted by atomic mass is 9.76. The molecule has 0 bridgehead atoms. The van der Waals surface area contributed by atoms with Crippen molar-refractivity contribution in [1.29, 1.82) is 0 Å². The van der Waals surface area contributed by atoms with Gasteiger partial charge in [0.05, 0.1) is 41.4 Å². The van der Waals surface area contributed by atoms with Gasteiger partial charge < -0.3 is 15.1 Å². The molecule has 1 aliphatic heterocycles. The third-order valence-electron chi connectivity index (χ3n) is 9.01. The van der Waals surface area contributed by atoms with Crippen molar-refractivity contribution < 1.29 is 49.1 Å². The minimum absolute atomic E-state index is 0.00839. The molecule has 1 saturated heterocycles. The second kappa shape index (κ2) is 10.9. The second-order valence-corrected chi connectivity index (χ2v) is 12.2. The Morgan fingerprint density at radius 1 is 1.13 bits per heavy atom. The Balaban J connectivity index is 1.27. The van der Waals surface area contributed by atoms with E-state index in [-0.39, 0.29) is 49.3 Å². The van der Waals surface area contributed by atoms with Crippen molar-refractivity contribution >= 4 is 17.5 Å². The molecule has 2 amide bonds. The van der Waals surface area contributed by atoms with E-state index in [0.29, 0.717) is 5.56 Å². The number of fused-ring (bicyclic) bond motifs is 1. The molecule has 0 radical (unpaired) electrons. The molecule has 3 fully saturated rings. The van der Waals surface area contributed by atoms with Gasteiger partial charge in [-0.25, -0.2) is 18.3 Å². The molecular weight excluding hydrogens is 622 g/mol. The van der Waals surface area contributed by atoms with Crippen molar-refractivity contribution in [3.63, 3.8) is 0 Å². The number of aromatic nitrogens is 5. The summed E-state index contributed by atoms with van der Waals surface area (Å²) in [4.78, 5) is 30.3. The van der Waals surface area contributed by atoms with E-state index in [0.717, 1.165) is 6.39 Å². The third-order valence-corrected chi connectivity index (χ3v) is 9.01. The summed E-state index contributed by atoms with van der Waals surface area (Å²) in [6.45, 7) is 0. The van der Waals surface area contributed by atoms with E-state index < -0.39 is 84.6 Å². The number of nitrogens with zero attached hydrogens (tertiary/aromatic N) is 5. The van der Waals surface area contributed by atoms with Crippen LogP contribution in [0.3, 0.4) is 0 Å². The Bertz CT molecular complexity index is 1560. The van der Waals surface area contributed by atoms with Gasteiger partial charge in [-0.2, -0.15) is 31.4 Å². The van der Waals surface area contributed by atoms with Gasteiger partial charge in [0, 0.05) is 19.3 Å². The van der Waals surface area contributed by atoms with E-state index in [1.54, 1.807) is 0 Å². The number of halogens is 8. The van der Waals surface area contributed by atoms with Gasteiger partial charge in [-0.05, 0) is 49.7 Å². The molecule has 45 heavy (non-hydrogen) atoms. The average Bonchev–Trinajstić information content (AvgIpc) is 3.24. The van der Waals surface area contributed by atoms with Crippen LogP contribution in [-0.2, 0) is 22.4 Å². The number of carbonyl (C=O) groups excluding carboxylic acids is 2. The second-order valence-electron chi connectivity index (χ2n) is 12.2. The first-order valence-electron chi connectivity index (χ1n) is 14.2. The van der Waals surface area contributed by atoms with E-state index in [4.69, 9.17) is 4.42 Å². The molecule has 0 spiro atoms.